The summed E-state index contributed by atoms with van der Waals surface area (Å²) in [5.74, 6) is -3.64. The topological polar surface area (TPSA) is 110 Å². The molecule has 0 unspecified atom stereocenters. The molecule has 1 heterocycles. The van der Waals surface area contributed by atoms with Crippen LogP contribution < -0.4 is 5.73 Å². The highest BCUT2D eigenvalue weighted by molar-refractivity contribution is 5.73. The molecule has 0 radical (unpaired) electrons. The predicted octanol–water partition coefficient (Wildman–Crippen LogP) is 0.599. The lowest BCUT2D eigenvalue weighted by molar-refractivity contribution is -0.192. The number of halogens is 3. The monoisotopic (exact) mass is 273 g/mol. The molecule has 0 bridgehead atoms. The van der Waals surface area contributed by atoms with Crippen molar-refractivity contribution in [2.24, 2.45) is 5.73 Å². The fourth-order valence-corrected chi connectivity index (χ4v) is 1.23. The summed E-state index contributed by atoms with van der Waals surface area (Å²) in [6, 6.07) is -0.0700. The van der Waals surface area contributed by atoms with Gasteiger partial charge in [0.1, 0.15) is 0 Å². The van der Waals surface area contributed by atoms with E-state index in [0.29, 0.717) is 6.42 Å². The first-order valence-electron chi connectivity index (χ1n) is 4.99. The summed E-state index contributed by atoms with van der Waals surface area (Å²) in [7, 11) is 0. The highest BCUT2D eigenvalue weighted by atomic mass is 19.4. The molecule has 9 heteroatoms. The third-order valence-corrected chi connectivity index (χ3v) is 2.16. The van der Waals surface area contributed by atoms with E-state index in [2.05, 4.69) is 0 Å². The second-order valence-electron chi connectivity index (χ2n) is 3.74. The van der Waals surface area contributed by atoms with Crippen LogP contribution in [0.25, 0.3) is 0 Å². The number of rotatable bonds is 2. The van der Waals surface area contributed by atoms with Crippen molar-refractivity contribution in [2.45, 2.75) is 44.2 Å². The molecule has 6 nitrogen and oxygen atoms in total. The van der Waals surface area contributed by atoms with Crippen molar-refractivity contribution in [1.82, 2.24) is 0 Å². The van der Waals surface area contributed by atoms with Crippen LogP contribution in [-0.2, 0) is 14.3 Å². The SMILES string of the molecule is C[C@@H](N)[C@@H]1CC[C@@H](C(=O)O)O1.O=C(O)C(F)(F)F. The van der Waals surface area contributed by atoms with Crippen LogP contribution in [0.5, 0.6) is 0 Å². The van der Waals surface area contributed by atoms with Gasteiger partial charge in [0.15, 0.2) is 6.10 Å². The first kappa shape index (κ1) is 16.6. The molecule has 4 N–H and O–H groups in total. The summed E-state index contributed by atoms with van der Waals surface area (Å²) in [4.78, 5) is 19.3. The van der Waals surface area contributed by atoms with Crippen LogP contribution in [-0.4, -0.2) is 46.6 Å². The number of hydrogen-bond acceptors (Lipinski definition) is 4. The number of carboxylic acids is 2. The zero-order valence-corrected chi connectivity index (χ0v) is 9.48. The van der Waals surface area contributed by atoms with E-state index in [4.69, 9.17) is 25.5 Å². The zero-order chi connectivity index (χ0) is 14.5. The van der Waals surface area contributed by atoms with Gasteiger partial charge >= 0.3 is 18.1 Å². The molecule has 1 fully saturated rings. The molecular weight excluding hydrogens is 259 g/mol. The maximum Gasteiger partial charge on any atom is 0.490 e. The highest BCUT2D eigenvalue weighted by Gasteiger charge is 2.38. The molecule has 1 saturated heterocycles. The van der Waals surface area contributed by atoms with Gasteiger partial charge in [-0.2, -0.15) is 13.2 Å². The average Bonchev–Trinajstić information content (AvgIpc) is 2.65. The minimum Gasteiger partial charge on any atom is -0.479 e. The first-order chi connectivity index (χ1) is 8.05. The molecule has 0 saturated carbocycles. The maximum absolute atomic E-state index is 10.6. The Hall–Kier alpha value is -1.35. The van der Waals surface area contributed by atoms with Gasteiger partial charge in [-0.25, -0.2) is 9.59 Å². The van der Waals surface area contributed by atoms with Crippen molar-refractivity contribution in [3.8, 4) is 0 Å². The van der Waals surface area contributed by atoms with Gasteiger partial charge in [-0.05, 0) is 19.8 Å². The van der Waals surface area contributed by atoms with E-state index in [0.717, 1.165) is 6.42 Å². The quantitative estimate of drug-likeness (QED) is 0.679. The van der Waals surface area contributed by atoms with Crippen molar-refractivity contribution in [3.05, 3.63) is 0 Å². The van der Waals surface area contributed by atoms with Gasteiger partial charge in [-0.15, -0.1) is 0 Å². The van der Waals surface area contributed by atoms with Crippen molar-refractivity contribution < 1.29 is 37.7 Å². The third kappa shape index (κ3) is 5.82. The van der Waals surface area contributed by atoms with E-state index in [1.54, 1.807) is 0 Å². The van der Waals surface area contributed by atoms with Gasteiger partial charge in [-0.1, -0.05) is 0 Å². The van der Waals surface area contributed by atoms with E-state index < -0.39 is 24.2 Å². The van der Waals surface area contributed by atoms with Gasteiger partial charge in [0.2, 0.25) is 0 Å². The molecule has 0 amide bonds. The molecule has 0 aromatic rings. The Morgan fingerprint density at radius 1 is 1.33 bits per heavy atom. The summed E-state index contributed by atoms with van der Waals surface area (Å²) >= 11 is 0. The van der Waals surface area contributed by atoms with Crippen LogP contribution in [0.1, 0.15) is 19.8 Å². The van der Waals surface area contributed by atoms with E-state index in [1.807, 2.05) is 6.92 Å². The van der Waals surface area contributed by atoms with E-state index >= 15 is 0 Å². The number of aliphatic carboxylic acids is 2. The Morgan fingerprint density at radius 3 is 1.94 bits per heavy atom. The Labute approximate surface area is 101 Å². The van der Waals surface area contributed by atoms with E-state index in [9.17, 15) is 18.0 Å². The van der Waals surface area contributed by atoms with Gasteiger partial charge in [0, 0.05) is 6.04 Å². The van der Waals surface area contributed by atoms with Crippen molar-refractivity contribution in [3.63, 3.8) is 0 Å². The number of ether oxygens (including phenoxy) is 1. The molecule has 106 valence electrons. The Morgan fingerprint density at radius 2 is 1.78 bits per heavy atom. The molecule has 1 rings (SSSR count). The molecule has 1 aliphatic rings. The fourth-order valence-electron chi connectivity index (χ4n) is 1.23. The molecule has 0 spiro atoms. The van der Waals surface area contributed by atoms with Gasteiger partial charge in [-0.3, -0.25) is 0 Å². The lowest BCUT2D eigenvalue weighted by Gasteiger charge is -2.13. The number of carbonyl (C=O) groups is 2. The summed E-state index contributed by atoms with van der Waals surface area (Å²) in [5.41, 5.74) is 5.54. The summed E-state index contributed by atoms with van der Waals surface area (Å²) in [5, 5.41) is 15.7. The number of carboxylic acid groups (broad SMARTS) is 2. The standard InChI is InChI=1S/C7H13NO3.C2HF3O2/c1-4(8)5-2-3-6(11-5)7(9)10;3-2(4,5)1(6)7/h4-6H,2-3,8H2,1H3,(H,9,10);(H,6,7)/t4-,5+,6+;/m1./s1. The van der Waals surface area contributed by atoms with E-state index in [1.165, 1.54) is 0 Å². The van der Waals surface area contributed by atoms with Crippen LogP contribution in [0.15, 0.2) is 0 Å². The van der Waals surface area contributed by atoms with Crippen LogP contribution in [0.3, 0.4) is 0 Å². The summed E-state index contributed by atoms with van der Waals surface area (Å²) < 4.78 is 36.9. The largest absolute Gasteiger partial charge is 0.490 e. The van der Waals surface area contributed by atoms with Gasteiger partial charge in [0.25, 0.3) is 0 Å². The van der Waals surface area contributed by atoms with Crippen molar-refractivity contribution in [2.75, 3.05) is 0 Å². The normalized spacial score (nSPS) is 24.9. The zero-order valence-electron chi connectivity index (χ0n) is 9.48. The van der Waals surface area contributed by atoms with Crippen LogP contribution in [0.2, 0.25) is 0 Å². The maximum atomic E-state index is 10.6. The summed E-state index contributed by atoms with van der Waals surface area (Å²) in [6.07, 6.45) is -4.45. The smallest absolute Gasteiger partial charge is 0.479 e. The molecular formula is C9H14F3NO5. The minimum atomic E-state index is -5.08. The third-order valence-electron chi connectivity index (χ3n) is 2.16. The van der Waals surface area contributed by atoms with Crippen LogP contribution in [0, 0.1) is 0 Å². The Balaban J connectivity index is 0.000000360. The predicted molar refractivity (Wildman–Crippen MR) is 52.9 cm³/mol. The molecule has 1 aliphatic heterocycles. The highest BCUT2D eigenvalue weighted by Crippen LogP contribution is 2.21. The molecule has 0 aliphatic carbocycles. The molecule has 0 aromatic heterocycles. The fraction of sp³-hybridized carbons (Fsp3) is 0.778. The molecule has 18 heavy (non-hydrogen) atoms. The summed E-state index contributed by atoms with van der Waals surface area (Å²) in [6.45, 7) is 1.83. The second kappa shape index (κ2) is 6.55. The lowest BCUT2D eigenvalue weighted by Crippen LogP contribution is -2.32. The average molecular weight is 273 g/mol. The Bertz CT molecular complexity index is 305. The van der Waals surface area contributed by atoms with Crippen LogP contribution in [0.4, 0.5) is 13.2 Å². The Kier molecular flexibility index (Phi) is 6.06. The van der Waals surface area contributed by atoms with Crippen LogP contribution >= 0.6 is 0 Å². The van der Waals surface area contributed by atoms with Crippen molar-refractivity contribution >= 4 is 11.9 Å². The molecule has 3 atom stereocenters. The second-order valence-corrected chi connectivity index (χ2v) is 3.74. The number of alkyl halides is 3. The van der Waals surface area contributed by atoms with Crippen molar-refractivity contribution in [1.29, 1.82) is 0 Å². The number of nitrogens with two attached hydrogens (primary N) is 1. The minimum absolute atomic E-state index is 0.0700. The van der Waals surface area contributed by atoms with Gasteiger partial charge < -0.3 is 20.7 Å². The van der Waals surface area contributed by atoms with Gasteiger partial charge in [0.05, 0.1) is 6.10 Å². The first-order valence-corrected chi connectivity index (χ1v) is 4.99. The lowest BCUT2D eigenvalue weighted by atomic mass is 10.1. The number of hydrogen-bond donors (Lipinski definition) is 3. The molecule has 0 aromatic carbocycles. The van der Waals surface area contributed by atoms with E-state index in [-0.39, 0.29) is 12.1 Å².